The average Bonchev–Trinajstić information content (AvgIpc) is 3.34. The SMILES string of the molecule is COc1cc(C(=O)CC[C@@](C)(O)c2cc3c(c(-c4ccc(F)cc4)n2)OC[C@@]3(C)NS(=O)C(C)(C)C)cc2ccc(C(C)O)nc12. The van der Waals surface area contributed by atoms with E-state index in [4.69, 9.17) is 14.5 Å². The molecule has 4 aromatic rings. The van der Waals surface area contributed by atoms with Crippen LogP contribution in [-0.2, 0) is 22.1 Å². The normalized spacial score (nSPS) is 18.8. The number of aromatic nitrogens is 2. The molecular weight excluding hydrogens is 609 g/mol. The van der Waals surface area contributed by atoms with E-state index in [9.17, 15) is 23.6 Å². The lowest BCUT2D eigenvalue weighted by Crippen LogP contribution is -2.47. The second kappa shape index (κ2) is 12.4. The number of hydrogen-bond acceptors (Lipinski definition) is 8. The summed E-state index contributed by atoms with van der Waals surface area (Å²) in [4.78, 5) is 22.8. The molecule has 4 atom stereocenters. The molecule has 0 bridgehead atoms. The van der Waals surface area contributed by atoms with E-state index >= 15 is 0 Å². The number of carbonyl (C=O) groups is 1. The lowest BCUT2D eigenvalue weighted by Gasteiger charge is -2.30. The van der Waals surface area contributed by atoms with E-state index in [1.54, 1.807) is 56.3 Å². The molecule has 11 heteroatoms. The van der Waals surface area contributed by atoms with Crippen molar-refractivity contribution in [1.29, 1.82) is 0 Å². The number of aliphatic hydroxyl groups excluding tert-OH is 1. The molecule has 3 N–H and O–H groups in total. The summed E-state index contributed by atoms with van der Waals surface area (Å²) in [6.07, 6.45) is -0.722. The number of benzene rings is 2. The molecule has 0 spiro atoms. The summed E-state index contributed by atoms with van der Waals surface area (Å²) in [6, 6.07) is 14.4. The van der Waals surface area contributed by atoms with E-state index in [1.165, 1.54) is 19.2 Å². The Balaban J connectivity index is 1.49. The van der Waals surface area contributed by atoms with E-state index in [-0.39, 0.29) is 25.2 Å². The van der Waals surface area contributed by atoms with E-state index < -0.39 is 38.8 Å². The van der Waals surface area contributed by atoms with Gasteiger partial charge in [-0.25, -0.2) is 23.3 Å². The van der Waals surface area contributed by atoms with Gasteiger partial charge in [-0.1, -0.05) is 6.07 Å². The first-order valence-electron chi connectivity index (χ1n) is 15.1. The van der Waals surface area contributed by atoms with Crippen LogP contribution in [0.2, 0.25) is 0 Å². The number of nitrogens with zero attached hydrogens (tertiary/aromatic N) is 2. The molecule has 0 amide bonds. The van der Waals surface area contributed by atoms with Gasteiger partial charge in [0, 0.05) is 28.5 Å². The monoisotopic (exact) mass is 649 g/mol. The predicted octanol–water partition coefficient (Wildman–Crippen LogP) is 6.03. The molecule has 5 rings (SSSR count). The van der Waals surface area contributed by atoms with Gasteiger partial charge in [-0.05, 0) is 96.5 Å². The Morgan fingerprint density at radius 3 is 2.46 bits per heavy atom. The van der Waals surface area contributed by atoms with Crippen molar-refractivity contribution in [3.63, 3.8) is 0 Å². The van der Waals surface area contributed by atoms with E-state index in [2.05, 4.69) is 9.71 Å². The second-order valence-electron chi connectivity index (χ2n) is 13.2. The Kier molecular flexibility index (Phi) is 9.09. The quantitative estimate of drug-likeness (QED) is 0.178. The van der Waals surface area contributed by atoms with Crippen LogP contribution in [0.3, 0.4) is 0 Å². The third-order valence-electron chi connectivity index (χ3n) is 8.20. The molecule has 46 heavy (non-hydrogen) atoms. The highest BCUT2D eigenvalue weighted by atomic mass is 32.2. The third-order valence-corrected chi connectivity index (χ3v) is 9.95. The summed E-state index contributed by atoms with van der Waals surface area (Å²) < 4.78 is 41.3. The fourth-order valence-electron chi connectivity index (χ4n) is 5.30. The number of hydrogen-bond donors (Lipinski definition) is 3. The van der Waals surface area contributed by atoms with Crippen molar-refractivity contribution < 1.29 is 33.1 Å². The minimum absolute atomic E-state index is 0.00838. The Bertz CT molecular complexity index is 1820. The van der Waals surface area contributed by atoms with Crippen LogP contribution in [-0.4, -0.2) is 48.6 Å². The van der Waals surface area contributed by atoms with Crippen molar-refractivity contribution in [2.24, 2.45) is 0 Å². The Labute approximate surface area is 270 Å². The Hall–Kier alpha value is -3.77. The van der Waals surface area contributed by atoms with Gasteiger partial charge in [0.1, 0.15) is 35.0 Å². The van der Waals surface area contributed by atoms with Crippen LogP contribution in [0.25, 0.3) is 22.2 Å². The highest BCUT2D eigenvalue weighted by Crippen LogP contribution is 2.45. The van der Waals surface area contributed by atoms with E-state index in [1.807, 2.05) is 27.7 Å². The maximum Gasteiger partial charge on any atom is 0.163 e. The minimum atomic E-state index is -1.55. The third kappa shape index (κ3) is 6.69. The van der Waals surface area contributed by atoms with Crippen molar-refractivity contribution in [3.05, 3.63) is 82.9 Å². The summed E-state index contributed by atoms with van der Waals surface area (Å²) in [5, 5.41) is 22.4. The zero-order valence-electron chi connectivity index (χ0n) is 27.1. The van der Waals surface area contributed by atoms with Crippen LogP contribution in [0.15, 0.2) is 54.6 Å². The molecule has 2 unspecified atom stereocenters. The van der Waals surface area contributed by atoms with Crippen molar-refractivity contribution in [1.82, 2.24) is 14.7 Å². The minimum Gasteiger partial charge on any atom is -0.494 e. The first-order chi connectivity index (χ1) is 21.5. The number of nitrogens with one attached hydrogen (secondary N) is 1. The zero-order chi connectivity index (χ0) is 33.6. The van der Waals surface area contributed by atoms with Crippen molar-refractivity contribution in [2.75, 3.05) is 13.7 Å². The van der Waals surface area contributed by atoms with Gasteiger partial charge in [0.05, 0.1) is 45.9 Å². The molecule has 0 saturated heterocycles. The Morgan fingerprint density at radius 2 is 1.83 bits per heavy atom. The molecule has 0 fully saturated rings. The maximum absolute atomic E-state index is 13.8. The molecule has 3 heterocycles. The van der Waals surface area contributed by atoms with Gasteiger partial charge >= 0.3 is 0 Å². The summed E-state index contributed by atoms with van der Waals surface area (Å²) in [7, 11) is 0.0545. The summed E-state index contributed by atoms with van der Waals surface area (Å²) >= 11 is 0. The second-order valence-corrected chi connectivity index (χ2v) is 15.2. The van der Waals surface area contributed by atoms with Gasteiger partial charge < -0.3 is 19.7 Å². The van der Waals surface area contributed by atoms with Gasteiger partial charge in [0.15, 0.2) is 11.5 Å². The number of ketones is 1. The number of carbonyl (C=O) groups excluding carboxylic acids is 1. The summed E-state index contributed by atoms with van der Waals surface area (Å²) in [5.41, 5.74) is 0.938. The fourth-order valence-corrected chi connectivity index (χ4v) is 6.19. The van der Waals surface area contributed by atoms with Crippen molar-refractivity contribution in [3.8, 4) is 22.8 Å². The van der Waals surface area contributed by atoms with Crippen LogP contribution in [0, 0.1) is 5.82 Å². The molecule has 2 aromatic heterocycles. The number of aliphatic hydroxyl groups is 2. The van der Waals surface area contributed by atoms with Crippen LogP contribution >= 0.6 is 0 Å². The van der Waals surface area contributed by atoms with Gasteiger partial charge in [-0.2, -0.15) is 0 Å². The molecule has 1 aliphatic heterocycles. The van der Waals surface area contributed by atoms with Gasteiger partial charge in [-0.15, -0.1) is 0 Å². The van der Waals surface area contributed by atoms with Gasteiger partial charge in [0.2, 0.25) is 0 Å². The standard InChI is InChI=1S/C35H40FN3O6S/c1-20(40)26-13-10-22-16-23(17-28(44-7)30(22)37-26)27(41)14-15-35(6,42)29-18-25-32(31(38-29)21-8-11-24(36)12-9-21)45-19-34(25,5)39-46(43)33(2,3)4/h8-13,16-18,20,39-40,42H,14-15,19H2,1-7H3/t20?,34-,35-,46?/m1/s1. The number of rotatable bonds is 10. The summed E-state index contributed by atoms with van der Waals surface area (Å²) in [5.74, 6) is 0.243. The van der Waals surface area contributed by atoms with E-state index in [0.29, 0.717) is 56.2 Å². The maximum atomic E-state index is 13.8. The topological polar surface area (TPSA) is 131 Å². The smallest absolute Gasteiger partial charge is 0.163 e. The predicted molar refractivity (Wildman–Crippen MR) is 176 cm³/mol. The lowest BCUT2D eigenvalue weighted by molar-refractivity contribution is 0.0396. The first-order valence-corrected chi connectivity index (χ1v) is 16.2. The fraction of sp³-hybridized carbons (Fsp3) is 0.400. The summed E-state index contributed by atoms with van der Waals surface area (Å²) in [6.45, 7) is 10.9. The number of fused-ring (bicyclic) bond motifs is 2. The number of ether oxygens (including phenoxy) is 2. The number of pyridine rings is 2. The highest BCUT2D eigenvalue weighted by Gasteiger charge is 2.43. The molecule has 1 aliphatic rings. The zero-order valence-corrected chi connectivity index (χ0v) is 27.9. The Morgan fingerprint density at radius 1 is 1.13 bits per heavy atom. The van der Waals surface area contributed by atoms with Crippen molar-refractivity contribution >= 4 is 27.7 Å². The van der Waals surface area contributed by atoms with Crippen LogP contribution in [0.4, 0.5) is 4.39 Å². The van der Waals surface area contributed by atoms with Crippen LogP contribution in [0.5, 0.6) is 11.5 Å². The molecule has 0 radical (unpaired) electrons. The van der Waals surface area contributed by atoms with Crippen LogP contribution in [0.1, 0.15) is 87.8 Å². The molecule has 0 saturated carbocycles. The molecule has 9 nitrogen and oxygen atoms in total. The van der Waals surface area contributed by atoms with Crippen LogP contribution < -0.4 is 14.2 Å². The average molecular weight is 650 g/mol. The molecule has 0 aliphatic carbocycles. The molecule has 244 valence electrons. The lowest BCUT2D eigenvalue weighted by atomic mass is 9.88. The number of halogens is 1. The molecular formula is C35H40FN3O6S. The van der Waals surface area contributed by atoms with Crippen molar-refractivity contribution in [2.45, 2.75) is 76.4 Å². The van der Waals surface area contributed by atoms with E-state index in [0.717, 1.165) is 0 Å². The van der Waals surface area contributed by atoms with Gasteiger partial charge in [-0.3, -0.25) is 4.79 Å². The van der Waals surface area contributed by atoms with Gasteiger partial charge in [0.25, 0.3) is 0 Å². The first kappa shape index (κ1) is 33.6. The number of Topliss-reactive ketones (excluding diaryl/α,β-unsaturated/α-hetero) is 1. The number of methoxy groups -OCH3 is 1. The largest absolute Gasteiger partial charge is 0.494 e. The highest BCUT2D eigenvalue weighted by molar-refractivity contribution is 7.84. The molecule has 2 aromatic carbocycles.